The van der Waals surface area contributed by atoms with E-state index >= 15 is 0 Å². The summed E-state index contributed by atoms with van der Waals surface area (Å²) in [6.45, 7) is 8.38. The van der Waals surface area contributed by atoms with Gasteiger partial charge in [0, 0.05) is 25.5 Å². The van der Waals surface area contributed by atoms with E-state index in [0.29, 0.717) is 26.4 Å². The average Bonchev–Trinajstić information content (AvgIpc) is 2.67. The van der Waals surface area contributed by atoms with Crippen LogP contribution in [0.1, 0.15) is 69.8 Å². The highest BCUT2D eigenvalue weighted by atomic mass is 16.5. The molecule has 0 fully saturated rings. The molecule has 0 bridgehead atoms. The maximum Gasteiger partial charge on any atom is 0.356 e. The molecule has 0 aliphatic heterocycles. The monoisotopic (exact) mass is 397 g/mol. The van der Waals surface area contributed by atoms with Gasteiger partial charge in [0.2, 0.25) is 5.43 Å². The van der Waals surface area contributed by atoms with Gasteiger partial charge in [-0.2, -0.15) is 0 Å². The molecule has 0 saturated carbocycles. The van der Waals surface area contributed by atoms with Crippen molar-refractivity contribution in [3.8, 4) is 5.75 Å². The summed E-state index contributed by atoms with van der Waals surface area (Å²) in [5, 5.41) is 9.69. The summed E-state index contributed by atoms with van der Waals surface area (Å²) in [6.07, 6.45) is 6.78. The molecule has 1 N–H and O–H groups in total. The largest absolute Gasteiger partial charge is 0.487 e. The summed E-state index contributed by atoms with van der Waals surface area (Å²) < 4.78 is 18.6. The third-order valence-corrected chi connectivity index (χ3v) is 4.28. The van der Waals surface area contributed by atoms with Crippen LogP contribution in [0.3, 0.4) is 0 Å². The lowest BCUT2D eigenvalue weighted by atomic mass is 10.2. The third kappa shape index (κ3) is 8.44. The van der Waals surface area contributed by atoms with Gasteiger partial charge in [0.25, 0.3) is 0 Å². The first-order valence-electron chi connectivity index (χ1n) is 10.3. The van der Waals surface area contributed by atoms with E-state index in [4.69, 9.17) is 14.2 Å². The average molecular weight is 398 g/mol. The Morgan fingerprint density at radius 3 is 2.36 bits per heavy atom. The van der Waals surface area contributed by atoms with Gasteiger partial charge in [-0.3, -0.25) is 4.79 Å². The summed E-state index contributed by atoms with van der Waals surface area (Å²) in [4.78, 5) is 24.0. The van der Waals surface area contributed by atoms with Crippen molar-refractivity contribution in [3.05, 3.63) is 28.2 Å². The maximum atomic E-state index is 12.2. The zero-order valence-corrected chi connectivity index (χ0v) is 17.4. The summed E-state index contributed by atoms with van der Waals surface area (Å²) in [5.74, 6) is -1.30. The van der Waals surface area contributed by atoms with Crippen molar-refractivity contribution in [2.24, 2.45) is 0 Å². The van der Waals surface area contributed by atoms with Crippen molar-refractivity contribution >= 4 is 5.97 Å². The van der Waals surface area contributed by atoms with Crippen LogP contribution in [0.2, 0.25) is 0 Å². The minimum absolute atomic E-state index is 0.109. The number of carboxylic acids is 1. The molecular weight excluding hydrogens is 362 g/mol. The number of pyridine rings is 1. The van der Waals surface area contributed by atoms with Gasteiger partial charge >= 0.3 is 5.97 Å². The number of carboxylic acid groups (broad SMARTS) is 1. The van der Waals surface area contributed by atoms with Crippen molar-refractivity contribution in [2.45, 2.75) is 71.9 Å². The second-order valence-corrected chi connectivity index (χ2v) is 6.79. The Balaban J connectivity index is 2.99. The molecule has 28 heavy (non-hydrogen) atoms. The van der Waals surface area contributed by atoms with E-state index in [9.17, 15) is 14.7 Å². The lowest BCUT2D eigenvalue weighted by molar-refractivity contribution is -0.0265. The van der Waals surface area contributed by atoms with Crippen LogP contribution < -0.4 is 10.2 Å². The van der Waals surface area contributed by atoms with Crippen molar-refractivity contribution in [2.75, 3.05) is 26.4 Å². The molecule has 1 unspecified atom stereocenters. The molecule has 0 saturated heterocycles. The van der Waals surface area contributed by atoms with Gasteiger partial charge in [-0.05, 0) is 19.3 Å². The minimum atomic E-state index is -1.19. The summed E-state index contributed by atoms with van der Waals surface area (Å²) in [7, 11) is 0. The predicted octanol–water partition coefficient (Wildman–Crippen LogP) is 3.73. The molecule has 0 amide bonds. The second-order valence-electron chi connectivity index (χ2n) is 6.79. The number of hydrogen-bond donors (Lipinski definition) is 1. The predicted molar refractivity (Wildman–Crippen MR) is 108 cm³/mol. The summed E-state index contributed by atoms with van der Waals surface area (Å²) in [5.41, 5.74) is -0.561. The van der Waals surface area contributed by atoms with Crippen LogP contribution in [0.5, 0.6) is 5.75 Å². The van der Waals surface area contributed by atoms with E-state index < -0.39 is 11.4 Å². The fourth-order valence-corrected chi connectivity index (χ4v) is 2.61. The number of ether oxygens (including phenoxy) is 3. The quantitative estimate of drug-likeness (QED) is 0.428. The van der Waals surface area contributed by atoms with Crippen molar-refractivity contribution in [3.63, 3.8) is 0 Å². The normalized spacial score (nSPS) is 12.1. The van der Waals surface area contributed by atoms with Crippen LogP contribution in [0, 0.1) is 0 Å². The Bertz CT molecular complexity index is 628. The van der Waals surface area contributed by atoms with E-state index in [1.54, 1.807) is 0 Å². The first kappa shape index (κ1) is 24.2. The van der Waals surface area contributed by atoms with E-state index in [1.807, 2.05) is 6.92 Å². The van der Waals surface area contributed by atoms with Crippen LogP contribution in [0.25, 0.3) is 0 Å². The van der Waals surface area contributed by atoms with E-state index in [-0.39, 0.29) is 24.1 Å². The van der Waals surface area contributed by atoms with Crippen molar-refractivity contribution in [1.82, 2.24) is 4.57 Å². The van der Waals surface area contributed by atoms with Crippen LogP contribution in [0.15, 0.2) is 17.1 Å². The molecule has 1 atom stereocenters. The van der Waals surface area contributed by atoms with Gasteiger partial charge in [-0.15, -0.1) is 0 Å². The molecule has 1 aromatic heterocycles. The standard InChI is InChI=1S/C21H35NO6/c1-4-7-12-26-16-17(27-13-8-5-2)15-22-11-10-18(23)20(19(22)21(24)25)28-14-9-6-3/h10-11,17H,4-9,12-16H2,1-3H3,(H,24,25). The minimum Gasteiger partial charge on any atom is -0.487 e. The second kappa shape index (κ2) is 14.2. The Morgan fingerprint density at radius 1 is 1.07 bits per heavy atom. The molecule has 0 radical (unpaired) electrons. The van der Waals surface area contributed by atoms with Gasteiger partial charge in [0.15, 0.2) is 11.4 Å². The van der Waals surface area contributed by atoms with E-state index in [0.717, 1.165) is 38.5 Å². The van der Waals surface area contributed by atoms with Crippen LogP contribution in [-0.4, -0.2) is 48.2 Å². The fraction of sp³-hybridized carbons (Fsp3) is 0.714. The van der Waals surface area contributed by atoms with Crippen molar-refractivity contribution < 1.29 is 24.1 Å². The lowest BCUT2D eigenvalue weighted by Crippen LogP contribution is -2.30. The molecule has 160 valence electrons. The molecule has 0 aromatic carbocycles. The number of unbranched alkanes of at least 4 members (excludes halogenated alkanes) is 3. The van der Waals surface area contributed by atoms with Gasteiger partial charge < -0.3 is 23.9 Å². The Kier molecular flexibility index (Phi) is 12.2. The van der Waals surface area contributed by atoms with Gasteiger partial charge in [-0.25, -0.2) is 4.79 Å². The smallest absolute Gasteiger partial charge is 0.356 e. The molecule has 7 heteroatoms. The number of rotatable bonds is 16. The Hall–Kier alpha value is -1.86. The molecule has 0 spiro atoms. The molecule has 1 heterocycles. The van der Waals surface area contributed by atoms with Crippen LogP contribution >= 0.6 is 0 Å². The first-order chi connectivity index (χ1) is 13.5. The highest BCUT2D eigenvalue weighted by Gasteiger charge is 2.22. The zero-order valence-electron chi connectivity index (χ0n) is 17.4. The fourth-order valence-electron chi connectivity index (χ4n) is 2.61. The van der Waals surface area contributed by atoms with Gasteiger partial charge in [0.1, 0.15) is 0 Å². The molecule has 1 aromatic rings. The molecular formula is C21H35NO6. The first-order valence-corrected chi connectivity index (χ1v) is 10.3. The number of nitrogens with zero attached hydrogens (tertiary/aromatic N) is 1. The number of aromatic carboxylic acids is 1. The Morgan fingerprint density at radius 2 is 1.71 bits per heavy atom. The number of hydrogen-bond acceptors (Lipinski definition) is 5. The third-order valence-electron chi connectivity index (χ3n) is 4.28. The van der Waals surface area contributed by atoms with Crippen LogP contribution in [-0.2, 0) is 16.0 Å². The van der Waals surface area contributed by atoms with Gasteiger partial charge in [0.05, 0.1) is 25.9 Å². The van der Waals surface area contributed by atoms with E-state index in [2.05, 4.69) is 13.8 Å². The van der Waals surface area contributed by atoms with Crippen LogP contribution in [0.4, 0.5) is 0 Å². The summed E-state index contributed by atoms with van der Waals surface area (Å²) in [6, 6.07) is 1.34. The highest BCUT2D eigenvalue weighted by Crippen LogP contribution is 2.16. The molecule has 1 rings (SSSR count). The molecule has 0 aliphatic rings. The van der Waals surface area contributed by atoms with Gasteiger partial charge in [-0.1, -0.05) is 40.0 Å². The zero-order chi connectivity index (χ0) is 20.8. The Labute approximate surface area is 167 Å². The maximum absolute atomic E-state index is 12.2. The SMILES string of the molecule is CCCCOCC(Cn1ccc(=O)c(OCCCC)c1C(=O)O)OCCCC. The topological polar surface area (TPSA) is 87.0 Å². The number of carbonyl (C=O) groups is 1. The molecule has 7 nitrogen and oxygen atoms in total. The highest BCUT2D eigenvalue weighted by molar-refractivity contribution is 5.88. The summed E-state index contributed by atoms with van der Waals surface area (Å²) >= 11 is 0. The van der Waals surface area contributed by atoms with E-state index in [1.165, 1.54) is 16.8 Å². The number of aromatic nitrogens is 1. The molecule has 0 aliphatic carbocycles. The van der Waals surface area contributed by atoms with Crippen molar-refractivity contribution in [1.29, 1.82) is 0 Å². The lowest BCUT2D eigenvalue weighted by Gasteiger charge is -2.22.